The average molecular weight is 484 g/mol. The van der Waals surface area contributed by atoms with Crippen LogP contribution in [0.15, 0.2) is 55.0 Å². The summed E-state index contributed by atoms with van der Waals surface area (Å²) in [5.74, 6) is -0.370. The number of amides is 2. The summed E-state index contributed by atoms with van der Waals surface area (Å²) in [6.07, 6.45) is -1.46. The number of nitrogen functional groups attached to an aromatic ring is 1. The molecule has 180 valence electrons. The first kappa shape index (κ1) is 22.6. The summed E-state index contributed by atoms with van der Waals surface area (Å²) in [6.45, 7) is 0.0739. The molecule has 2 N–H and O–H groups in total. The normalized spacial score (nSPS) is 16.5. The van der Waals surface area contributed by atoms with Gasteiger partial charge in [-0.15, -0.1) is 0 Å². The molecule has 4 aromatic rings. The van der Waals surface area contributed by atoms with Crippen molar-refractivity contribution in [2.24, 2.45) is 7.05 Å². The maximum absolute atomic E-state index is 15.3. The lowest BCUT2D eigenvalue weighted by Gasteiger charge is -2.19. The third-order valence-electron chi connectivity index (χ3n) is 6.29. The van der Waals surface area contributed by atoms with E-state index in [1.807, 2.05) is 0 Å². The molecule has 2 amide bonds. The largest absolute Gasteiger partial charge is 0.416 e. The molecule has 0 spiro atoms. The van der Waals surface area contributed by atoms with Crippen LogP contribution >= 0.6 is 0 Å². The van der Waals surface area contributed by atoms with Gasteiger partial charge in [-0.2, -0.15) is 13.2 Å². The summed E-state index contributed by atoms with van der Waals surface area (Å²) in [5, 5.41) is 0.517. The SMILES string of the molecule is CN1C(=O)N(c2ccc(-c3cn(C)c4ncnc(N)c34)c(F)c2)CC1c1cccc(C(F)(F)F)c1. The van der Waals surface area contributed by atoms with Gasteiger partial charge in [-0.3, -0.25) is 4.90 Å². The van der Waals surface area contributed by atoms with Gasteiger partial charge in [0.15, 0.2) is 0 Å². The van der Waals surface area contributed by atoms with Crippen LogP contribution in [-0.2, 0) is 13.2 Å². The number of anilines is 2. The van der Waals surface area contributed by atoms with E-state index in [1.54, 1.807) is 29.9 Å². The monoisotopic (exact) mass is 484 g/mol. The average Bonchev–Trinajstić information content (AvgIpc) is 3.31. The van der Waals surface area contributed by atoms with Crippen molar-refractivity contribution in [2.75, 3.05) is 24.2 Å². The van der Waals surface area contributed by atoms with Crippen LogP contribution in [0.2, 0.25) is 0 Å². The lowest BCUT2D eigenvalue weighted by atomic mass is 10.0. The van der Waals surface area contributed by atoms with Gasteiger partial charge in [0.1, 0.15) is 23.6 Å². The fourth-order valence-electron chi connectivity index (χ4n) is 4.49. The first-order chi connectivity index (χ1) is 16.6. The molecule has 5 rings (SSSR count). The van der Waals surface area contributed by atoms with Crippen molar-refractivity contribution in [3.05, 3.63) is 71.9 Å². The first-order valence-electron chi connectivity index (χ1n) is 10.6. The highest BCUT2D eigenvalue weighted by Crippen LogP contribution is 2.38. The Bertz CT molecular complexity index is 1460. The number of carbonyl (C=O) groups is 1. The second kappa shape index (κ2) is 7.97. The predicted molar refractivity (Wildman–Crippen MR) is 123 cm³/mol. The molecule has 1 aliphatic heterocycles. The van der Waals surface area contributed by atoms with E-state index in [0.29, 0.717) is 27.8 Å². The number of likely N-dealkylation sites (N-methyl/N-ethyl adjacent to an activating group) is 1. The maximum atomic E-state index is 15.3. The van der Waals surface area contributed by atoms with Crippen LogP contribution in [0, 0.1) is 5.82 Å². The molecule has 35 heavy (non-hydrogen) atoms. The molecule has 1 unspecified atom stereocenters. The molecule has 0 aliphatic carbocycles. The molecule has 1 aliphatic rings. The maximum Gasteiger partial charge on any atom is 0.416 e. The third kappa shape index (κ3) is 3.72. The Kier molecular flexibility index (Phi) is 5.15. The molecule has 2 aromatic heterocycles. The topological polar surface area (TPSA) is 80.3 Å². The van der Waals surface area contributed by atoms with Gasteiger partial charge in [0.05, 0.1) is 23.5 Å². The quantitative estimate of drug-likeness (QED) is 0.416. The lowest BCUT2D eigenvalue weighted by Crippen LogP contribution is -2.29. The Morgan fingerprint density at radius 2 is 1.83 bits per heavy atom. The number of aromatic nitrogens is 3. The molecule has 1 saturated heterocycles. The second-order valence-corrected chi connectivity index (χ2v) is 8.42. The number of alkyl halides is 3. The number of nitrogens with two attached hydrogens (primary N) is 1. The molecule has 11 heteroatoms. The van der Waals surface area contributed by atoms with Crippen LogP contribution in [-0.4, -0.2) is 39.1 Å². The van der Waals surface area contributed by atoms with Crippen molar-refractivity contribution in [3.8, 4) is 11.1 Å². The molecule has 7 nitrogen and oxygen atoms in total. The minimum Gasteiger partial charge on any atom is -0.383 e. The summed E-state index contributed by atoms with van der Waals surface area (Å²) in [6, 6.07) is 8.18. The van der Waals surface area contributed by atoms with E-state index in [9.17, 15) is 18.0 Å². The van der Waals surface area contributed by atoms with Crippen molar-refractivity contribution >= 4 is 28.6 Å². The van der Waals surface area contributed by atoms with E-state index >= 15 is 4.39 Å². The summed E-state index contributed by atoms with van der Waals surface area (Å²) >= 11 is 0. The van der Waals surface area contributed by atoms with Gasteiger partial charge in [0.2, 0.25) is 0 Å². The molecule has 1 fully saturated rings. The van der Waals surface area contributed by atoms with E-state index in [4.69, 9.17) is 5.73 Å². The summed E-state index contributed by atoms with van der Waals surface area (Å²) in [5.41, 5.74) is 7.19. The minimum absolute atomic E-state index is 0.0739. The number of benzene rings is 2. The van der Waals surface area contributed by atoms with Crippen LogP contribution in [0.25, 0.3) is 22.2 Å². The highest BCUT2D eigenvalue weighted by Gasteiger charge is 2.38. The number of rotatable bonds is 3. The first-order valence-corrected chi connectivity index (χ1v) is 10.6. The standard InChI is InChI=1S/C24H20F4N6O/c1-32-10-17(20-21(29)30-12-31-22(20)32)16-7-6-15(9-18(16)25)34-11-19(33(2)23(34)35)13-4-3-5-14(8-13)24(26,27)28/h3-10,12,19H,11H2,1-2H3,(H2,29,30,31). The van der Waals surface area contributed by atoms with E-state index in [2.05, 4.69) is 9.97 Å². The van der Waals surface area contributed by atoms with Crippen molar-refractivity contribution in [1.82, 2.24) is 19.4 Å². The van der Waals surface area contributed by atoms with E-state index in [0.717, 1.165) is 12.1 Å². The van der Waals surface area contributed by atoms with E-state index in [-0.39, 0.29) is 17.9 Å². The molecule has 2 aromatic carbocycles. The van der Waals surface area contributed by atoms with Gasteiger partial charge in [-0.05, 0) is 35.9 Å². The van der Waals surface area contributed by atoms with Crippen molar-refractivity contribution in [2.45, 2.75) is 12.2 Å². The fraction of sp³-hybridized carbons (Fsp3) is 0.208. The Labute approximate surface area is 197 Å². The van der Waals surface area contributed by atoms with Crippen LogP contribution < -0.4 is 10.6 Å². The molecule has 1 atom stereocenters. The van der Waals surface area contributed by atoms with Gasteiger partial charge >= 0.3 is 12.2 Å². The van der Waals surface area contributed by atoms with Crippen molar-refractivity contribution in [1.29, 1.82) is 0 Å². The molecule has 0 radical (unpaired) electrons. The molecular weight excluding hydrogens is 464 g/mol. The van der Waals surface area contributed by atoms with Gasteiger partial charge < -0.3 is 15.2 Å². The van der Waals surface area contributed by atoms with Crippen LogP contribution in [0.5, 0.6) is 0 Å². The van der Waals surface area contributed by atoms with Crippen LogP contribution in [0.1, 0.15) is 17.2 Å². The lowest BCUT2D eigenvalue weighted by molar-refractivity contribution is -0.137. The highest BCUT2D eigenvalue weighted by molar-refractivity contribution is 6.01. The fourth-order valence-corrected chi connectivity index (χ4v) is 4.49. The van der Waals surface area contributed by atoms with Gasteiger partial charge in [-0.25, -0.2) is 19.2 Å². The Morgan fingerprint density at radius 3 is 2.54 bits per heavy atom. The molecule has 0 saturated carbocycles. The van der Waals surface area contributed by atoms with E-state index in [1.165, 1.54) is 41.4 Å². The number of carbonyl (C=O) groups excluding carboxylic acids is 1. The molecule has 0 bridgehead atoms. The Morgan fingerprint density at radius 1 is 1.06 bits per heavy atom. The van der Waals surface area contributed by atoms with E-state index < -0.39 is 29.6 Å². The van der Waals surface area contributed by atoms with Crippen molar-refractivity contribution in [3.63, 3.8) is 0 Å². The molecule has 3 heterocycles. The zero-order chi connectivity index (χ0) is 25.1. The Balaban J connectivity index is 1.48. The minimum atomic E-state index is -4.49. The predicted octanol–water partition coefficient (Wildman–Crippen LogP) is 4.99. The van der Waals surface area contributed by atoms with Crippen LogP contribution in [0.4, 0.5) is 33.9 Å². The number of aryl methyl sites for hydroxylation is 1. The van der Waals surface area contributed by atoms with Gasteiger partial charge in [0, 0.05) is 37.1 Å². The zero-order valence-electron chi connectivity index (χ0n) is 18.7. The summed E-state index contributed by atoms with van der Waals surface area (Å²) < 4.78 is 56.5. The second-order valence-electron chi connectivity index (χ2n) is 8.42. The molecular formula is C24H20F4N6O. The summed E-state index contributed by atoms with van der Waals surface area (Å²) in [4.78, 5) is 23.8. The number of urea groups is 1. The van der Waals surface area contributed by atoms with Gasteiger partial charge in [0.25, 0.3) is 0 Å². The number of hydrogen-bond donors (Lipinski definition) is 1. The summed E-state index contributed by atoms with van der Waals surface area (Å²) in [7, 11) is 3.27. The zero-order valence-corrected chi connectivity index (χ0v) is 18.7. The van der Waals surface area contributed by atoms with Crippen LogP contribution in [0.3, 0.4) is 0 Å². The number of halogens is 4. The van der Waals surface area contributed by atoms with Gasteiger partial charge in [-0.1, -0.05) is 12.1 Å². The number of nitrogens with zero attached hydrogens (tertiary/aromatic N) is 5. The highest BCUT2D eigenvalue weighted by atomic mass is 19.4. The Hall–Kier alpha value is -4.15. The number of hydrogen-bond acceptors (Lipinski definition) is 4. The number of fused-ring (bicyclic) bond motifs is 1. The smallest absolute Gasteiger partial charge is 0.383 e. The third-order valence-corrected chi connectivity index (χ3v) is 6.29. The van der Waals surface area contributed by atoms with Crippen molar-refractivity contribution < 1.29 is 22.4 Å².